The van der Waals surface area contributed by atoms with Gasteiger partial charge in [0.05, 0.1) is 9.98 Å². The van der Waals surface area contributed by atoms with Crippen LogP contribution in [0.3, 0.4) is 0 Å². The van der Waals surface area contributed by atoms with Crippen LogP contribution in [-0.4, -0.2) is 23.9 Å². The summed E-state index contributed by atoms with van der Waals surface area (Å²) >= 11 is 5.06. The normalized spacial score (nSPS) is 18.1. The molecule has 2 rings (SSSR count). The molecule has 2 heterocycles. The molecule has 0 radical (unpaired) electrons. The lowest BCUT2D eigenvalue weighted by atomic mass is 9.94. The van der Waals surface area contributed by atoms with Gasteiger partial charge in [0.1, 0.15) is 5.78 Å². The van der Waals surface area contributed by atoms with Gasteiger partial charge in [-0.15, -0.1) is 0 Å². The lowest BCUT2D eigenvalue weighted by Gasteiger charge is -2.30. The van der Waals surface area contributed by atoms with E-state index >= 15 is 0 Å². The topological polar surface area (TPSA) is 33.2 Å². The maximum atomic E-state index is 11.2. The van der Waals surface area contributed by atoms with Crippen molar-refractivity contribution in [2.24, 2.45) is 5.92 Å². The lowest BCUT2D eigenvalue weighted by Crippen LogP contribution is -2.35. The first-order valence-electron chi connectivity index (χ1n) is 5.03. The number of rotatable bonds is 2. The first-order valence-corrected chi connectivity index (χ1v) is 6.64. The fourth-order valence-corrected chi connectivity index (χ4v) is 3.10. The van der Waals surface area contributed by atoms with Gasteiger partial charge >= 0.3 is 0 Å². The van der Waals surface area contributed by atoms with Gasteiger partial charge in [-0.1, -0.05) is 11.3 Å². The first-order chi connectivity index (χ1) is 7.16. The summed E-state index contributed by atoms with van der Waals surface area (Å²) < 4.78 is 1.06. The predicted molar refractivity (Wildman–Crippen MR) is 65.4 cm³/mol. The van der Waals surface area contributed by atoms with E-state index in [1.165, 1.54) is 0 Å². The molecule has 1 aliphatic heterocycles. The molecule has 1 aliphatic rings. The summed E-state index contributed by atoms with van der Waals surface area (Å²) in [5.74, 6) is 0.597. The molecule has 1 aromatic rings. The number of piperidine rings is 1. The molecule has 0 aliphatic carbocycles. The van der Waals surface area contributed by atoms with Crippen molar-refractivity contribution in [1.82, 2.24) is 4.98 Å². The monoisotopic (exact) mass is 288 g/mol. The Bertz CT molecular complexity index is 358. The maximum Gasteiger partial charge on any atom is 0.186 e. The van der Waals surface area contributed by atoms with Crippen molar-refractivity contribution in [3.05, 3.63) is 9.98 Å². The number of thiazole rings is 1. The third-order valence-electron chi connectivity index (χ3n) is 2.81. The molecule has 1 saturated heterocycles. The van der Waals surface area contributed by atoms with Crippen LogP contribution in [0.15, 0.2) is 9.98 Å². The average molecular weight is 289 g/mol. The lowest BCUT2D eigenvalue weighted by molar-refractivity contribution is -0.121. The van der Waals surface area contributed by atoms with Crippen LogP contribution >= 0.6 is 27.3 Å². The summed E-state index contributed by atoms with van der Waals surface area (Å²) in [5, 5.41) is 1.06. The van der Waals surface area contributed by atoms with Crippen LogP contribution in [0.25, 0.3) is 0 Å². The number of carbonyl (C=O) groups excluding carboxylic acids is 1. The van der Waals surface area contributed by atoms with Gasteiger partial charge in [0.15, 0.2) is 5.13 Å². The number of aromatic nitrogens is 1. The quantitative estimate of drug-likeness (QED) is 0.839. The number of halogens is 1. The van der Waals surface area contributed by atoms with Gasteiger partial charge in [-0.2, -0.15) is 0 Å². The molecule has 0 aromatic carbocycles. The van der Waals surface area contributed by atoms with E-state index in [9.17, 15) is 4.79 Å². The van der Waals surface area contributed by atoms with E-state index in [-0.39, 0.29) is 5.92 Å². The van der Waals surface area contributed by atoms with E-state index in [0.717, 1.165) is 34.8 Å². The van der Waals surface area contributed by atoms with E-state index in [1.807, 2.05) is 6.20 Å². The molecule has 3 nitrogen and oxygen atoms in total. The van der Waals surface area contributed by atoms with E-state index in [0.29, 0.717) is 5.78 Å². The summed E-state index contributed by atoms with van der Waals surface area (Å²) in [5.41, 5.74) is 0. The van der Waals surface area contributed by atoms with Crippen LogP contribution in [-0.2, 0) is 4.79 Å². The minimum Gasteiger partial charge on any atom is -0.348 e. The molecule has 0 unspecified atom stereocenters. The van der Waals surface area contributed by atoms with E-state index in [1.54, 1.807) is 18.3 Å². The minimum absolute atomic E-state index is 0.268. The summed E-state index contributed by atoms with van der Waals surface area (Å²) in [6.45, 7) is 3.59. The number of carbonyl (C=O) groups is 1. The number of Topliss-reactive ketones (excluding diaryl/α,β-unsaturated/α-hetero) is 1. The number of hydrogen-bond acceptors (Lipinski definition) is 4. The Labute approximate surface area is 102 Å². The van der Waals surface area contributed by atoms with Gasteiger partial charge in [0, 0.05) is 19.0 Å². The van der Waals surface area contributed by atoms with Crippen LogP contribution in [0.1, 0.15) is 19.8 Å². The fraction of sp³-hybridized carbons (Fsp3) is 0.600. The third kappa shape index (κ3) is 2.58. The van der Waals surface area contributed by atoms with Crippen LogP contribution in [0, 0.1) is 5.92 Å². The summed E-state index contributed by atoms with van der Waals surface area (Å²) in [4.78, 5) is 17.8. The summed E-state index contributed by atoms with van der Waals surface area (Å²) in [6, 6.07) is 0. The molecule has 82 valence electrons. The Morgan fingerprint density at radius 2 is 2.27 bits per heavy atom. The van der Waals surface area contributed by atoms with Crippen molar-refractivity contribution < 1.29 is 4.79 Å². The van der Waals surface area contributed by atoms with Gasteiger partial charge in [-0.25, -0.2) is 4.98 Å². The van der Waals surface area contributed by atoms with E-state index in [4.69, 9.17) is 0 Å². The highest BCUT2D eigenvalue weighted by atomic mass is 79.9. The molecule has 15 heavy (non-hydrogen) atoms. The smallest absolute Gasteiger partial charge is 0.186 e. The van der Waals surface area contributed by atoms with Crippen molar-refractivity contribution >= 4 is 38.2 Å². The average Bonchev–Trinajstić information content (AvgIpc) is 2.65. The first kappa shape index (κ1) is 11.1. The number of ketones is 1. The van der Waals surface area contributed by atoms with Crippen LogP contribution < -0.4 is 4.90 Å². The van der Waals surface area contributed by atoms with E-state index in [2.05, 4.69) is 25.8 Å². The van der Waals surface area contributed by atoms with Crippen molar-refractivity contribution in [3.63, 3.8) is 0 Å². The molecule has 0 atom stereocenters. The highest BCUT2D eigenvalue weighted by molar-refractivity contribution is 9.11. The Kier molecular flexibility index (Phi) is 3.41. The Balaban J connectivity index is 1.96. The summed E-state index contributed by atoms with van der Waals surface area (Å²) in [7, 11) is 0. The molecular weight excluding hydrogens is 276 g/mol. The second-order valence-corrected chi connectivity index (χ2v) is 6.21. The standard InChI is InChI=1S/C10H13BrN2OS/c1-7(14)8-2-4-13(5-3-8)10-12-6-9(11)15-10/h6,8H,2-5H2,1H3. The Morgan fingerprint density at radius 1 is 1.60 bits per heavy atom. The van der Waals surface area contributed by atoms with Gasteiger partial charge in [0.2, 0.25) is 0 Å². The number of nitrogens with zero attached hydrogens (tertiary/aromatic N) is 2. The molecule has 0 bridgehead atoms. The molecule has 0 spiro atoms. The maximum absolute atomic E-state index is 11.2. The zero-order valence-electron chi connectivity index (χ0n) is 8.57. The fourth-order valence-electron chi connectivity index (χ4n) is 1.87. The van der Waals surface area contributed by atoms with Crippen LogP contribution in [0.4, 0.5) is 5.13 Å². The molecule has 5 heteroatoms. The molecule has 0 saturated carbocycles. The van der Waals surface area contributed by atoms with Gasteiger partial charge in [0.25, 0.3) is 0 Å². The van der Waals surface area contributed by atoms with Crippen molar-refractivity contribution in [1.29, 1.82) is 0 Å². The Hall–Kier alpha value is -0.420. The van der Waals surface area contributed by atoms with Crippen molar-refractivity contribution in [3.8, 4) is 0 Å². The number of anilines is 1. The van der Waals surface area contributed by atoms with E-state index < -0.39 is 0 Å². The molecule has 1 aromatic heterocycles. The third-order valence-corrected chi connectivity index (χ3v) is 4.34. The van der Waals surface area contributed by atoms with Crippen molar-refractivity contribution in [2.45, 2.75) is 19.8 Å². The zero-order chi connectivity index (χ0) is 10.8. The van der Waals surface area contributed by atoms with Crippen LogP contribution in [0.2, 0.25) is 0 Å². The SMILES string of the molecule is CC(=O)C1CCN(c2ncc(Br)s2)CC1. The molecule has 0 N–H and O–H groups in total. The van der Waals surface area contributed by atoms with Gasteiger partial charge in [-0.05, 0) is 35.7 Å². The highest BCUT2D eigenvalue weighted by Crippen LogP contribution is 2.29. The summed E-state index contributed by atoms with van der Waals surface area (Å²) in [6.07, 6.45) is 3.76. The largest absolute Gasteiger partial charge is 0.348 e. The predicted octanol–water partition coefficient (Wildman–Crippen LogP) is 2.71. The highest BCUT2D eigenvalue weighted by Gasteiger charge is 2.23. The van der Waals surface area contributed by atoms with Crippen molar-refractivity contribution in [2.75, 3.05) is 18.0 Å². The zero-order valence-corrected chi connectivity index (χ0v) is 11.0. The molecular formula is C10H13BrN2OS. The number of hydrogen-bond donors (Lipinski definition) is 0. The van der Waals surface area contributed by atoms with Gasteiger partial charge < -0.3 is 4.90 Å². The van der Waals surface area contributed by atoms with Gasteiger partial charge in [-0.3, -0.25) is 4.79 Å². The van der Waals surface area contributed by atoms with Crippen LogP contribution in [0.5, 0.6) is 0 Å². The second kappa shape index (κ2) is 4.61. The minimum atomic E-state index is 0.268. The molecule has 0 amide bonds. The Morgan fingerprint density at radius 3 is 2.73 bits per heavy atom. The molecule has 1 fully saturated rings. The second-order valence-electron chi connectivity index (χ2n) is 3.82.